The van der Waals surface area contributed by atoms with Crippen molar-refractivity contribution in [3.05, 3.63) is 66.0 Å². The number of carbonyl (C=O) groups excluding carboxylic acids is 2. The van der Waals surface area contributed by atoms with Crippen molar-refractivity contribution in [2.24, 2.45) is 5.92 Å². The second-order valence-corrected chi connectivity index (χ2v) is 6.53. The number of hydrogen-bond donors (Lipinski definition) is 0. The van der Waals surface area contributed by atoms with Crippen LogP contribution in [-0.2, 0) is 14.3 Å². The number of hydrogen-bond acceptors (Lipinski definition) is 4. The summed E-state index contributed by atoms with van der Waals surface area (Å²) in [7, 11) is 0. The predicted octanol–water partition coefficient (Wildman–Crippen LogP) is 2.07. The summed E-state index contributed by atoms with van der Waals surface area (Å²) in [6.07, 6.45) is 8.81. The molecule has 1 amide bonds. The van der Waals surface area contributed by atoms with Gasteiger partial charge in [-0.05, 0) is 18.2 Å². The minimum atomic E-state index is -0.576. The van der Waals surface area contributed by atoms with Crippen LogP contribution in [0, 0.1) is 11.7 Å². The first-order valence-corrected chi connectivity index (χ1v) is 8.70. The summed E-state index contributed by atoms with van der Waals surface area (Å²) >= 11 is 0. The van der Waals surface area contributed by atoms with Gasteiger partial charge in [0.15, 0.2) is 0 Å². The van der Waals surface area contributed by atoms with Gasteiger partial charge >= 0.3 is 5.97 Å². The second-order valence-electron chi connectivity index (χ2n) is 6.53. The van der Waals surface area contributed by atoms with Crippen LogP contribution >= 0.6 is 0 Å². The van der Waals surface area contributed by atoms with E-state index in [-0.39, 0.29) is 29.3 Å². The zero-order valence-electron chi connectivity index (χ0n) is 14.2. The smallest absolute Gasteiger partial charge is 0.344 e. The van der Waals surface area contributed by atoms with E-state index in [1.54, 1.807) is 29.2 Å². The average molecular weight is 354 g/mol. The number of carbonyl (C=O) groups is 2. The fraction of sp³-hybridized carbons (Fsp3) is 0.300. The Morgan fingerprint density at radius 2 is 1.81 bits per heavy atom. The molecule has 4 rings (SSSR count). The van der Waals surface area contributed by atoms with Crippen molar-refractivity contribution in [2.45, 2.75) is 6.10 Å². The van der Waals surface area contributed by atoms with Crippen molar-refractivity contribution in [3.63, 3.8) is 0 Å². The summed E-state index contributed by atoms with van der Waals surface area (Å²) in [6, 6.07) is 6.61. The molecule has 2 unspecified atom stereocenters. The molecule has 1 aromatic rings. The van der Waals surface area contributed by atoms with E-state index in [2.05, 4.69) is 0 Å². The van der Waals surface area contributed by atoms with E-state index >= 15 is 0 Å². The molecule has 5 nitrogen and oxygen atoms in total. The quantitative estimate of drug-likeness (QED) is 0.603. The lowest BCUT2D eigenvalue weighted by molar-refractivity contribution is -0.147. The molecular formula is C20H19FN2O3. The Morgan fingerprint density at radius 1 is 1.08 bits per heavy atom. The summed E-state index contributed by atoms with van der Waals surface area (Å²) in [4.78, 5) is 28.5. The standard InChI is InChI=1S/C20H19FN2O3/c21-16-6-2-3-7-17(16)22-9-11-23(12-10-22)19(24)15-13-14-5-1-4-8-18(14)26-20(15)25/h1-8,13-14,18H,9-12H2. The molecule has 0 radical (unpaired) electrons. The number of para-hydroxylation sites is 1. The number of allylic oxidation sites excluding steroid dienone is 2. The van der Waals surface area contributed by atoms with Crippen LogP contribution in [0.4, 0.5) is 10.1 Å². The minimum absolute atomic E-state index is 0.0885. The molecule has 0 aromatic heterocycles. The Morgan fingerprint density at radius 3 is 2.58 bits per heavy atom. The molecule has 2 aliphatic heterocycles. The van der Waals surface area contributed by atoms with Crippen LogP contribution in [0.15, 0.2) is 60.2 Å². The molecule has 1 fully saturated rings. The Balaban J connectivity index is 1.44. The number of halogens is 1. The zero-order valence-corrected chi connectivity index (χ0v) is 14.2. The summed E-state index contributed by atoms with van der Waals surface area (Å²) in [5, 5.41) is 0. The number of esters is 1. The third-order valence-corrected chi connectivity index (χ3v) is 4.94. The number of fused-ring (bicyclic) bond motifs is 1. The number of amides is 1. The zero-order chi connectivity index (χ0) is 18.1. The topological polar surface area (TPSA) is 49.9 Å². The van der Waals surface area contributed by atoms with E-state index in [0.29, 0.717) is 31.9 Å². The van der Waals surface area contributed by atoms with Crippen molar-refractivity contribution in [1.82, 2.24) is 4.90 Å². The molecule has 2 atom stereocenters. The maximum atomic E-state index is 13.9. The minimum Gasteiger partial charge on any atom is -0.453 e. The van der Waals surface area contributed by atoms with E-state index in [1.807, 2.05) is 29.2 Å². The highest BCUT2D eigenvalue weighted by Gasteiger charge is 2.35. The third-order valence-electron chi connectivity index (χ3n) is 4.94. The monoisotopic (exact) mass is 354 g/mol. The fourth-order valence-corrected chi connectivity index (χ4v) is 3.51. The van der Waals surface area contributed by atoms with E-state index < -0.39 is 5.97 Å². The van der Waals surface area contributed by atoms with Gasteiger partial charge in [-0.3, -0.25) is 4.79 Å². The van der Waals surface area contributed by atoms with Gasteiger partial charge in [-0.2, -0.15) is 0 Å². The number of ether oxygens (including phenoxy) is 1. The normalized spacial score (nSPS) is 24.8. The lowest BCUT2D eigenvalue weighted by Gasteiger charge is -2.37. The molecule has 1 aromatic carbocycles. The molecule has 2 heterocycles. The van der Waals surface area contributed by atoms with Crippen LogP contribution in [-0.4, -0.2) is 49.1 Å². The maximum absolute atomic E-state index is 13.9. The van der Waals surface area contributed by atoms with Crippen molar-refractivity contribution in [3.8, 4) is 0 Å². The molecule has 1 aliphatic carbocycles. The van der Waals surface area contributed by atoms with Gasteiger partial charge < -0.3 is 14.5 Å². The highest BCUT2D eigenvalue weighted by atomic mass is 19.1. The van der Waals surface area contributed by atoms with Crippen LogP contribution in [0.2, 0.25) is 0 Å². The Bertz CT molecular complexity index is 822. The van der Waals surface area contributed by atoms with Crippen LogP contribution < -0.4 is 4.90 Å². The molecule has 0 saturated carbocycles. The summed E-state index contributed by atoms with van der Waals surface area (Å²) in [5.41, 5.74) is 0.628. The lowest BCUT2D eigenvalue weighted by atomic mass is 9.92. The molecule has 0 spiro atoms. The fourth-order valence-electron chi connectivity index (χ4n) is 3.51. The Labute approximate surface area is 151 Å². The first-order valence-electron chi connectivity index (χ1n) is 8.70. The maximum Gasteiger partial charge on any atom is 0.344 e. The van der Waals surface area contributed by atoms with E-state index in [4.69, 9.17) is 4.74 Å². The van der Waals surface area contributed by atoms with E-state index in [0.717, 1.165) is 0 Å². The summed E-state index contributed by atoms with van der Waals surface area (Å²) in [5.74, 6) is -1.26. The Kier molecular flexibility index (Phi) is 4.32. The predicted molar refractivity (Wildman–Crippen MR) is 94.9 cm³/mol. The summed E-state index contributed by atoms with van der Waals surface area (Å²) < 4.78 is 19.3. The van der Waals surface area contributed by atoms with Gasteiger partial charge in [0.05, 0.1) is 5.69 Å². The molecule has 3 aliphatic rings. The molecule has 134 valence electrons. The van der Waals surface area contributed by atoms with Crippen LogP contribution in [0.5, 0.6) is 0 Å². The highest BCUT2D eigenvalue weighted by molar-refractivity contribution is 6.16. The molecule has 26 heavy (non-hydrogen) atoms. The van der Waals surface area contributed by atoms with Gasteiger partial charge in [0.1, 0.15) is 17.5 Å². The highest BCUT2D eigenvalue weighted by Crippen LogP contribution is 2.27. The van der Waals surface area contributed by atoms with Crippen LogP contribution in [0.1, 0.15) is 0 Å². The van der Waals surface area contributed by atoms with Gasteiger partial charge in [0, 0.05) is 32.1 Å². The van der Waals surface area contributed by atoms with Gasteiger partial charge in [0.25, 0.3) is 5.91 Å². The van der Waals surface area contributed by atoms with E-state index in [1.165, 1.54) is 6.07 Å². The third kappa shape index (κ3) is 3.03. The van der Waals surface area contributed by atoms with Gasteiger partial charge in [-0.1, -0.05) is 36.4 Å². The van der Waals surface area contributed by atoms with E-state index in [9.17, 15) is 14.0 Å². The molecule has 0 bridgehead atoms. The number of nitrogens with zero attached hydrogens (tertiary/aromatic N) is 2. The Hall–Kier alpha value is -2.89. The van der Waals surface area contributed by atoms with Crippen molar-refractivity contribution in [1.29, 1.82) is 0 Å². The average Bonchev–Trinajstić information content (AvgIpc) is 2.67. The van der Waals surface area contributed by atoms with Crippen LogP contribution in [0.25, 0.3) is 0 Å². The first kappa shape index (κ1) is 16.6. The first-order chi connectivity index (χ1) is 12.6. The molecular weight excluding hydrogens is 335 g/mol. The van der Waals surface area contributed by atoms with Crippen molar-refractivity contribution >= 4 is 17.6 Å². The molecule has 1 saturated heterocycles. The van der Waals surface area contributed by atoms with Gasteiger partial charge in [-0.15, -0.1) is 0 Å². The number of anilines is 1. The largest absolute Gasteiger partial charge is 0.453 e. The summed E-state index contributed by atoms with van der Waals surface area (Å²) in [6.45, 7) is 1.90. The van der Waals surface area contributed by atoms with Crippen LogP contribution in [0.3, 0.4) is 0 Å². The van der Waals surface area contributed by atoms with Gasteiger partial charge in [0.2, 0.25) is 0 Å². The van der Waals surface area contributed by atoms with Crippen molar-refractivity contribution < 1.29 is 18.7 Å². The molecule has 0 N–H and O–H groups in total. The second kappa shape index (κ2) is 6.78. The number of benzene rings is 1. The SMILES string of the molecule is O=C1OC2C=CC=CC2C=C1C(=O)N1CCN(c2ccccc2F)CC1. The number of rotatable bonds is 2. The van der Waals surface area contributed by atoms with Crippen molar-refractivity contribution in [2.75, 3.05) is 31.1 Å². The number of piperazine rings is 1. The van der Waals surface area contributed by atoms with Gasteiger partial charge in [-0.25, -0.2) is 9.18 Å². The lowest BCUT2D eigenvalue weighted by Crippen LogP contribution is -2.50. The molecule has 6 heteroatoms.